The maximum Gasteiger partial charge on any atom is 0.0793 e. The van der Waals surface area contributed by atoms with E-state index in [9.17, 15) is 5.11 Å². The number of ether oxygens (including phenoxy) is 1. The summed E-state index contributed by atoms with van der Waals surface area (Å²) in [4.78, 5) is 4.79. The lowest BCUT2D eigenvalue weighted by Crippen LogP contribution is -2.42. The van der Waals surface area contributed by atoms with Gasteiger partial charge >= 0.3 is 0 Å². The summed E-state index contributed by atoms with van der Waals surface area (Å²) < 4.78 is 5.90. The van der Waals surface area contributed by atoms with Gasteiger partial charge in [-0.25, -0.2) is 0 Å². The summed E-state index contributed by atoms with van der Waals surface area (Å²) in [5.74, 6) is 1.46. The molecule has 1 N–H and O–H groups in total. The summed E-state index contributed by atoms with van der Waals surface area (Å²) in [6.07, 6.45) is 3.82. The molecule has 2 saturated heterocycles. The molecule has 2 atom stereocenters. The van der Waals surface area contributed by atoms with E-state index in [0.717, 1.165) is 58.2 Å². The van der Waals surface area contributed by atoms with E-state index < -0.39 is 0 Å². The molecule has 2 fully saturated rings. The molecule has 0 aromatic rings. The van der Waals surface area contributed by atoms with Crippen molar-refractivity contribution in [2.24, 2.45) is 11.8 Å². The van der Waals surface area contributed by atoms with Gasteiger partial charge in [-0.3, -0.25) is 4.90 Å². The molecule has 0 bridgehead atoms. The predicted molar refractivity (Wildman–Crippen MR) is 86.5 cm³/mol. The van der Waals surface area contributed by atoms with Gasteiger partial charge < -0.3 is 14.7 Å². The maximum atomic E-state index is 10.3. The molecule has 0 spiro atoms. The highest BCUT2D eigenvalue weighted by Gasteiger charge is 2.26. The van der Waals surface area contributed by atoms with Crippen LogP contribution < -0.4 is 0 Å². The van der Waals surface area contributed by atoms with Crippen LogP contribution in [0.3, 0.4) is 0 Å². The summed E-state index contributed by atoms with van der Waals surface area (Å²) >= 11 is 0. The van der Waals surface area contributed by atoms with E-state index in [0.29, 0.717) is 12.0 Å². The predicted octanol–water partition coefficient (Wildman–Crippen LogP) is 1.83. The Morgan fingerprint density at radius 3 is 2.33 bits per heavy atom. The molecule has 0 aliphatic carbocycles. The average Bonchev–Trinajstić information content (AvgIpc) is 2.86. The minimum absolute atomic E-state index is 0.220. The van der Waals surface area contributed by atoms with Gasteiger partial charge in [-0.1, -0.05) is 20.8 Å². The van der Waals surface area contributed by atoms with E-state index >= 15 is 0 Å². The second-order valence-corrected chi connectivity index (χ2v) is 7.53. The van der Waals surface area contributed by atoms with Crippen molar-refractivity contribution in [1.82, 2.24) is 9.80 Å². The Morgan fingerprint density at radius 2 is 1.67 bits per heavy atom. The van der Waals surface area contributed by atoms with Gasteiger partial charge in [0.1, 0.15) is 0 Å². The molecular formula is C17H34N2O2. The van der Waals surface area contributed by atoms with E-state index in [1.807, 2.05) is 0 Å². The van der Waals surface area contributed by atoms with Crippen molar-refractivity contribution >= 4 is 0 Å². The van der Waals surface area contributed by atoms with Crippen molar-refractivity contribution in [3.8, 4) is 0 Å². The van der Waals surface area contributed by atoms with E-state index in [4.69, 9.17) is 4.74 Å². The van der Waals surface area contributed by atoms with Crippen LogP contribution >= 0.6 is 0 Å². The second kappa shape index (κ2) is 8.47. The third-order valence-electron chi connectivity index (χ3n) is 4.71. The van der Waals surface area contributed by atoms with Gasteiger partial charge in [-0.2, -0.15) is 0 Å². The van der Waals surface area contributed by atoms with Crippen LogP contribution in [0.5, 0.6) is 0 Å². The number of aliphatic hydroxyl groups is 1. The molecular weight excluding hydrogens is 264 g/mol. The van der Waals surface area contributed by atoms with Crippen molar-refractivity contribution in [1.29, 1.82) is 0 Å². The van der Waals surface area contributed by atoms with Crippen LogP contribution in [0.2, 0.25) is 0 Å². The Balaban J connectivity index is 1.61. The second-order valence-electron chi connectivity index (χ2n) is 7.53. The number of rotatable bonds is 7. The third-order valence-corrected chi connectivity index (χ3v) is 4.71. The van der Waals surface area contributed by atoms with Gasteiger partial charge in [0.15, 0.2) is 0 Å². The van der Waals surface area contributed by atoms with Crippen molar-refractivity contribution in [3.63, 3.8) is 0 Å². The highest BCUT2D eigenvalue weighted by atomic mass is 16.5. The van der Waals surface area contributed by atoms with Crippen LogP contribution in [0, 0.1) is 11.8 Å². The molecule has 2 heterocycles. The minimum Gasteiger partial charge on any atom is -0.390 e. The molecule has 2 aliphatic heterocycles. The van der Waals surface area contributed by atoms with Crippen molar-refractivity contribution in [2.45, 2.75) is 52.2 Å². The van der Waals surface area contributed by atoms with E-state index in [2.05, 4.69) is 30.6 Å². The number of β-amino-alcohol motifs (C(OH)–C–C–N with tert-alkyl or cyclic N) is 1. The first-order chi connectivity index (χ1) is 10.0. The summed E-state index contributed by atoms with van der Waals surface area (Å²) in [7, 11) is 0. The molecule has 124 valence electrons. The Kier molecular flexibility index (Phi) is 6.93. The van der Waals surface area contributed by atoms with Crippen LogP contribution in [0.25, 0.3) is 0 Å². The van der Waals surface area contributed by atoms with Crippen molar-refractivity contribution in [2.75, 3.05) is 45.9 Å². The van der Waals surface area contributed by atoms with E-state index in [1.54, 1.807) is 0 Å². The highest BCUT2D eigenvalue weighted by Crippen LogP contribution is 2.17. The van der Waals surface area contributed by atoms with Gasteiger partial charge in [0.2, 0.25) is 0 Å². The molecule has 2 rings (SSSR count). The molecule has 0 radical (unpaired) electrons. The van der Waals surface area contributed by atoms with Gasteiger partial charge in [0, 0.05) is 32.8 Å². The lowest BCUT2D eigenvalue weighted by atomic mass is 9.99. The van der Waals surface area contributed by atoms with Gasteiger partial charge in [-0.05, 0) is 44.2 Å². The largest absolute Gasteiger partial charge is 0.390 e. The van der Waals surface area contributed by atoms with Crippen molar-refractivity contribution < 1.29 is 9.84 Å². The van der Waals surface area contributed by atoms with E-state index in [-0.39, 0.29) is 6.10 Å². The minimum atomic E-state index is -0.220. The van der Waals surface area contributed by atoms with Crippen LogP contribution in [-0.2, 0) is 4.74 Å². The molecule has 4 heteroatoms. The maximum absolute atomic E-state index is 10.3. The summed E-state index contributed by atoms with van der Waals surface area (Å²) in [5.41, 5.74) is 0. The van der Waals surface area contributed by atoms with Gasteiger partial charge in [0.05, 0.1) is 12.2 Å². The number of hydrogen-bond acceptors (Lipinski definition) is 4. The van der Waals surface area contributed by atoms with Crippen LogP contribution in [-0.4, -0.2) is 73.0 Å². The number of piperidine rings is 1. The Labute approximate surface area is 130 Å². The summed E-state index contributed by atoms with van der Waals surface area (Å²) in [6, 6.07) is 0. The first-order valence-corrected chi connectivity index (χ1v) is 8.77. The number of likely N-dealkylation sites (tertiary alicyclic amines) is 2. The Bertz CT molecular complexity index is 291. The first kappa shape index (κ1) is 17.2. The summed E-state index contributed by atoms with van der Waals surface area (Å²) in [6.45, 7) is 13.6. The monoisotopic (exact) mass is 298 g/mol. The number of aliphatic hydroxyl groups excluding tert-OH is 1. The third kappa shape index (κ3) is 6.23. The molecule has 21 heavy (non-hydrogen) atoms. The molecule has 0 aromatic carbocycles. The van der Waals surface area contributed by atoms with E-state index in [1.165, 1.54) is 12.8 Å². The number of nitrogens with zero attached hydrogens (tertiary/aromatic N) is 2. The highest BCUT2D eigenvalue weighted by molar-refractivity contribution is 4.80. The molecule has 0 amide bonds. The standard InChI is InChI=1S/C17H34N2O2/c1-14(2)13-21-17-6-9-19(12-17)11-16(20)10-18-7-4-15(3)5-8-18/h14-17,20H,4-13H2,1-3H3. The molecule has 2 aliphatic rings. The lowest BCUT2D eigenvalue weighted by molar-refractivity contribution is 0.0326. The van der Waals surface area contributed by atoms with Crippen LogP contribution in [0.15, 0.2) is 0 Å². The first-order valence-electron chi connectivity index (χ1n) is 8.77. The van der Waals surface area contributed by atoms with Gasteiger partial charge in [-0.15, -0.1) is 0 Å². The number of hydrogen-bond donors (Lipinski definition) is 1. The van der Waals surface area contributed by atoms with Crippen LogP contribution in [0.1, 0.15) is 40.0 Å². The zero-order valence-electron chi connectivity index (χ0n) is 14.1. The fourth-order valence-corrected chi connectivity index (χ4v) is 3.33. The van der Waals surface area contributed by atoms with Crippen molar-refractivity contribution in [3.05, 3.63) is 0 Å². The topological polar surface area (TPSA) is 35.9 Å². The summed E-state index contributed by atoms with van der Waals surface area (Å²) in [5, 5.41) is 10.3. The zero-order valence-corrected chi connectivity index (χ0v) is 14.1. The molecule has 0 aromatic heterocycles. The quantitative estimate of drug-likeness (QED) is 0.778. The Hall–Kier alpha value is -0.160. The Morgan fingerprint density at radius 1 is 1.05 bits per heavy atom. The molecule has 2 unspecified atom stereocenters. The fourth-order valence-electron chi connectivity index (χ4n) is 3.33. The zero-order chi connectivity index (χ0) is 15.2. The van der Waals surface area contributed by atoms with Crippen LogP contribution in [0.4, 0.5) is 0 Å². The van der Waals surface area contributed by atoms with Gasteiger partial charge in [0.25, 0.3) is 0 Å². The fraction of sp³-hybridized carbons (Fsp3) is 1.00. The SMILES string of the molecule is CC(C)COC1CCN(CC(O)CN2CCC(C)CC2)C1. The molecule has 4 nitrogen and oxygen atoms in total. The normalized spacial score (nSPS) is 27.6. The lowest BCUT2D eigenvalue weighted by Gasteiger charge is -2.32. The average molecular weight is 298 g/mol. The molecule has 0 saturated carbocycles. The smallest absolute Gasteiger partial charge is 0.0793 e.